The lowest BCUT2D eigenvalue weighted by molar-refractivity contribution is -0.268. The van der Waals surface area contributed by atoms with Crippen molar-refractivity contribution in [2.45, 2.75) is 32.0 Å². The largest absolute Gasteiger partial charge is 0.421 e. The molecule has 0 aromatic heterocycles. The number of hydrogen-bond acceptors (Lipinski definition) is 2. The van der Waals surface area contributed by atoms with Crippen molar-refractivity contribution in [1.29, 1.82) is 0 Å². The molecule has 0 saturated carbocycles. The quantitative estimate of drug-likeness (QED) is 0.861. The lowest BCUT2D eigenvalue weighted by Crippen LogP contribution is -2.43. The van der Waals surface area contributed by atoms with Crippen molar-refractivity contribution in [1.82, 2.24) is 0 Å². The molecule has 2 nitrogen and oxygen atoms in total. The molecule has 0 bridgehead atoms. The third-order valence-electron chi connectivity index (χ3n) is 2.96. The maximum Gasteiger partial charge on any atom is 0.421 e. The number of benzene rings is 1. The molecule has 0 heterocycles. The zero-order chi connectivity index (χ0) is 13.3. The van der Waals surface area contributed by atoms with Crippen molar-refractivity contribution < 1.29 is 18.3 Å². The fourth-order valence-corrected chi connectivity index (χ4v) is 1.66. The van der Waals surface area contributed by atoms with Crippen molar-refractivity contribution in [2.75, 3.05) is 6.54 Å². The molecule has 1 atom stereocenters. The first-order valence-electron chi connectivity index (χ1n) is 5.29. The standard InChI is InChI=1S/C12H16F3NO/c1-8-3-4-10(7-9(8)2)11(17,5-6-16)12(13,14)15/h3-4,7,17H,5-6,16H2,1-2H3. The Hall–Kier alpha value is -1.07. The Kier molecular flexibility index (Phi) is 3.84. The summed E-state index contributed by atoms with van der Waals surface area (Å²) < 4.78 is 38.7. The molecule has 0 aliphatic carbocycles. The van der Waals surface area contributed by atoms with Gasteiger partial charge in [-0.2, -0.15) is 13.2 Å². The van der Waals surface area contributed by atoms with Gasteiger partial charge in [0.1, 0.15) is 0 Å². The minimum absolute atomic E-state index is 0.154. The van der Waals surface area contributed by atoms with E-state index in [0.29, 0.717) is 5.56 Å². The lowest BCUT2D eigenvalue weighted by atomic mass is 9.88. The van der Waals surface area contributed by atoms with E-state index in [0.717, 1.165) is 5.56 Å². The first kappa shape index (κ1) is 14.0. The molecule has 1 aromatic carbocycles. The van der Waals surface area contributed by atoms with Crippen LogP contribution in [0.4, 0.5) is 13.2 Å². The van der Waals surface area contributed by atoms with Gasteiger partial charge in [-0.3, -0.25) is 0 Å². The van der Waals surface area contributed by atoms with Crippen LogP contribution in [0.3, 0.4) is 0 Å². The van der Waals surface area contributed by atoms with Gasteiger partial charge in [0, 0.05) is 6.42 Å². The van der Waals surface area contributed by atoms with Gasteiger partial charge in [-0.25, -0.2) is 0 Å². The average Bonchev–Trinajstić information content (AvgIpc) is 2.20. The summed E-state index contributed by atoms with van der Waals surface area (Å²) >= 11 is 0. The molecule has 17 heavy (non-hydrogen) atoms. The van der Waals surface area contributed by atoms with Crippen LogP contribution in [-0.4, -0.2) is 17.8 Å². The van der Waals surface area contributed by atoms with E-state index in [-0.39, 0.29) is 12.1 Å². The smallest absolute Gasteiger partial charge is 0.376 e. The summed E-state index contributed by atoms with van der Waals surface area (Å²) in [7, 11) is 0. The first-order chi connectivity index (χ1) is 7.72. The number of rotatable bonds is 3. The highest BCUT2D eigenvalue weighted by atomic mass is 19.4. The molecule has 1 rings (SSSR count). The second-order valence-corrected chi connectivity index (χ2v) is 4.20. The SMILES string of the molecule is Cc1ccc(C(O)(CCN)C(F)(F)F)cc1C. The van der Waals surface area contributed by atoms with E-state index in [2.05, 4.69) is 0 Å². The van der Waals surface area contributed by atoms with Gasteiger partial charge in [0.15, 0.2) is 5.60 Å². The third-order valence-corrected chi connectivity index (χ3v) is 2.96. The summed E-state index contributed by atoms with van der Waals surface area (Å²) in [6, 6.07) is 4.22. The zero-order valence-corrected chi connectivity index (χ0v) is 9.80. The second kappa shape index (κ2) is 4.66. The van der Waals surface area contributed by atoms with Crippen molar-refractivity contribution in [3.63, 3.8) is 0 Å². The van der Waals surface area contributed by atoms with Crippen LogP contribution < -0.4 is 5.73 Å². The average molecular weight is 247 g/mol. The molecule has 0 amide bonds. The van der Waals surface area contributed by atoms with Crippen LogP contribution in [0.1, 0.15) is 23.1 Å². The molecule has 0 saturated heterocycles. The number of alkyl halides is 3. The van der Waals surface area contributed by atoms with Crippen LogP contribution >= 0.6 is 0 Å². The highest BCUT2D eigenvalue weighted by Gasteiger charge is 2.54. The van der Waals surface area contributed by atoms with Crippen molar-refractivity contribution in [2.24, 2.45) is 5.73 Å². The molecular weight excluding hydrogens is 231 g/mol. The molecule has 0 aliphatic rings. The molecular formula is C12H16F3NO. The summed E-state index contributed by atoms with van der Waals surface area (Å²) in [5, 5.41) is 9.83. The molecule has 0 fully saturated rings. The maximum atomic E-state index is 12.9. The maximum absolute atomic E-state index is 12.9. The van der Waals surface area contributed by atoms with E-state index in [1.807, 2.05) is 0 Å². The van der Waals surface area contributed by atoms with Gasteiger partial charge in [0.2, 0.25) is 0 Å². The van der Waals surface area contributed by atoms with Gasteiger partial charge < -0.3 is 10.8 Å². The van der Waals surface area contributed by atoms with Crippen molar-refractivity contribution in [3.8, 4) is 0 Å². The highest BCUT2D eigenvalue weighted by Crippen LogP contribution is 2.41. The van der Waals surface area contributed by atoms with Crippen LogP contribution in [0.15, 0.2) is 18.2 Å². The molecule has 0 spiro atoms. The minimum Gasteiger partial charge on any atom is -0.376 e. The lowest BCUT2D eigenvalue weighted by Gasteiger charge is -2.31. The highest BCUT2D eigenvalue weighted by molar-refractivity contribution is 5.34. The molecule has 1 aromatic rings. The van der Waals surface area contributed by atoms with Crippen molar-refractivity contribution >= 4 is 0 Å². The van der Waals surface area contributed by atoms with E-state index in [4.69, 9.17) is 5.73 Å². The minimum atomic E-state index is -4.73. The number of halogens is 3. The van der Waals surface area contributed by atoms with E-state index >= 15 is 0 Å². The summed E-state index contributed by atoms with van der Waals surface area (Å²) in [6.45, 7) is 3.27. The Morgan fingerprint density at radius 1 is 1.18 bits per heavy atom. The van der Waals surface area contributed by atoms with Crippen molar-refractivity contribution in [3.05, 3.63) is 34.9 Å². The monoisotopic (exact) mass is 247 g/mol. The molecule has 96 valence electrons. The van der Waals surface area contributed by atoms with Crippen LogP contribution in [0.5, 0.6) is 0 Å². The predicted octanol–water partition coefficient (Wildman–Crippen LogP) is 2.40. The van der Waals surface area contributed by atoms with Gasteiger partial charge in [-0.1, -0.05) is 18.2 Å². The third kappa shape index (κ3) is 2.61. The molecule has 3 N–H and O–H groups in total. The second-order valence-electron chi connectivity index (χ2n) is 4.20. The normalized spacial score (nSPS) is 15.7. The fraction of sp³-hybridized carbons (Fsp3) is 0.500. The number of nitrogens with two attached hydrogens (primary N) is 1. The van der Waals surface area contributed by atoms with Gasteiger partial charge >= 0.3 is 6.18 Å². The summed E-state index contributed by atoms with van der Waals surface area (Å²) in [5.74, 6) is 0. The Balaban J connectivity index is 3.28. The summed E-state index contributed by atoms with van der Waals surface area (Å²) in [5.41, 5.74) is 3.73. The van der Waals surface area contributed by atoms with Gasteiger partial charge in [-0.15, -0.1) is 0 Å². The number of hydrogen-bond donors (Lipinski definition) is 2. The number of aryl methyl sites for hydroxylation is 2. The van der Waals surface area contributed by atoms with Gasteiger partial charge in [-0.05, 0) is 37.1 Å². The van der Waals surface area contributed by atoms with E-state index in [1.54, 1.807) is 19.9 Å². The molecule has 1 unspecified atom stereocenters. The molecule has 0 radical (unpaired) electrons. The van der Waals surface area contributed by atoms with Crippen LogP contribution in [-0.2, 0) is 5.60 Å². The van der Waals surface area contributed by atoms with E-state index in [1.165, 1.54) is 12.1 Å². The van der Waals surface area contributed by atoms with Gasteiger partial charge in [0.25, 0.3) is 0 Å². The predicted molar refractivity (Wildman–Crippen MR) is 59.5 cm³/mol. The van der Waals surface area contributed by atoms with E-state index in [9.17, 15) is 18.3 Å². The van der Waals surface area contributed by atoms with Crippen LogP contribution in [0.2, 0.25) is 0 Å². The Morgan fingerprint density at radius 3 is 2.18 bits per heavy atom. The van der Waals surface area contributed by atoms with Crippen LogP contribution in [0.25, 0.3) is 0 Å². The summed E-state index contributed by atoms with van der Waals surface area (Å²) in [4.78, 5) is 0. The number of aliphatic hydroxyl groups is 1. The van der Waals surface area contributed by atoms with Crippen LogP contribution in [0, 0.1) is 13.8 Å². The Bertz CT molecular complexity index is 403. The molecule has 5 heteroatoms. The zero-order valence-electron chi connectivity index (χ0n) is 9.80. The molecule has 0 aliphatic heterocycles. The van der Waals surface area contributed by atoms with Gasteiger partial charge in [0.05, 0.1) is 0 Å². The topological polar surface area (TPSA) is 46.2 Å². The first-order valence-corrected chi connectivity index (χ1v) is 5.29. The Labute approximate surface area is 98.3 Å². The van der Waals surface area contributed by atoms with E-state index < -0.39 is 18.2 Å². The summed E-state index contributed by atoms with van der Waals surface area (Å²) in [6.07, 6.45) is -5.27. The fourth-order valence-electron chi connectivity index (χ4n) is 1.66. The Morgan fingerprint density at radius 2 is 1.76 bits per heavy atom.